The van der Waals surface area contributed by atoms with Crippen LogP contribution in [-0.4, -0.2) is 35.9 Å². The molecule has 35 heavy (non-hydrogen) atoms. The van der Waals surface area contributed by atoms with Crippen molar-refractivity contribution in [3.8, 4) is 11.1 Å². The molecule has 1 fully saturated rings. The number of allylic oxidation sites excluding steroid dienone is 2. The van der Waals surface area contributed by atoms with Gasteiger partial charge in [-0.15, -0.1) is 0 Å². The van der Waals surface area contributed by atoms with E-state index in [1.54, 1.807) is 11.0 Å². The van der Waals surface area contributed by atoms with E-state index in [0.29, 0.717) is 37.4 Å². The monoisotopic (exact) mass is 472 g/mol. The van der Waals surface area contributed by atoms with Crippen molar-refractivity contribution in [1.82, 2.24) is 10.2 Å². The molecule has 2 amide bonds. The molecule has 184 valence electrons. The summed E-state index contributed by atoms with van der Waals surface area (Å²) in [6.07, 6.45) is 8.71. The van der Waals surface area contributed by atoms with E-state index in [9.17, 15) is 9.59 Å². The lowest BCUT2D eigenvalue weighted by Crippen LogP contribution is -2.46. The van der Waals surface area contributed by atoms with Crippen LogP contribution in [0.1, 0.15) is 45.1 Å². The first-order valence-corrected chi connectivity index (χ1v) is 12.5. The molecule has 1 heterocycles. The molecule has 1 aliphatic heterocycles. The molecule has 1 aliphatic rings. The number of likely N-dealkylation sites (tertiary alicyclic amines) is 1. The molecule has 0 aromatic heterocycles. The second-order valence-corrected chi connectivity index (χ2v) is 8.67. The zero-order valence-corrected chi connectivity index (χ0v) is 20.8. The van der Waals surface area contributed by atoms with E-state index in [-0.39, 0.29) is 11.8 Å². The average molecular weight is 473 g/mol. The minimum Gasteiger partial charge on any atom is -0.494 e. The molecule has 1 atom stereocenters. The molecule has 0 spiro atoms. The van der Waals surface area contributed by atoms with Gasteiger partial charge in [0.05, 0.1) is 6.61 Å². The van der Waals surface area contributed by atoms with Gasteiger partial charge < -0.3 is 15.0 Å². The van der Waals surface area contributed by atoms with Gasteiger partial charge in [-0.2, -0.15) is 0 Å². The molecule has 1 N–H and O–H groups in total. The number of hydrogen-bond acceptors (Lipinski definition) is 3. The summed E-state index contributed by atoms with van der Waals surface area (Å²) in [5.41, 5.74) is 3.64. The predicted molar refractivity (Wildman–Crippen MR) is 141 cm³/mol. The summed E-state index contributed by atoms with van der Waals surface area (Å²) in [5.74, 6) is 0.261. The first-order valence-electron chi connectivity index (χ1n) is 12.5. The standard InChI is InChI=1S/C30H36N2O3/c1-4-6-13-27(35-20-5-2)21-23(3)30(34)32-19-10-14-28(32)29(33)31-22-24-15-17-26(18-16-24)25-11-8-7-9-12-25/h6-9,11-13,15-18,21,28H,3-5,10,14,19-20,22H2,1-2H3,(H,31,33)/b13-6-,27-21+. The first kappa shape index (κ1) is 26.0. The number of rotatable bonds is 11. The Kier molecular flexibility index (Phi) is 9.91. The van der Waals surface area contributed by atoms with Gasteiger partial charge in [-0.3, -0.25) is 9.59 Å². The number of hydrogen-bond donors (Lipinski definition) is 1. The zero-order chi connectivity index (χ0) is 25.0. The van der Waals surface area contributed by atoms with Crippen LogP contribution in [0.5, 0.6) is 0 Å². The Morgan fingerprint density at radius 3 is 2.49 bits per heavy atom. The molecule has 0 bridgehead atoms. The fourth-order valence-corrected chi connectivity index (χ4v) is 4.04. The summed E-state index contributed by atoms with van der Waals surface area (Å²) < 4.78 is 5.74. The zero-order valence-electron chi connectivity index (χ0n) is 20.8. The van der Waals surface area contributed by atoms with E-state index in [1.165, 1.54) is 0 Å². The largest absolute Gasteiger partial charge is 0.494 e. The third-order valence-corrected chi connectivity index (χ3v) is 5.93. The Labute approximate surface area is 209 Å². The van der Waals surface area contributed by atoms with E-state index in [1.807, 2.05) is 56.3 Å². The first-order chi connectivity index (χ1) is 17.0. The maximum atomic E-state index is 13.1. The van der Waals surface area contributed by atoms with Gasteiger partial charge in [0.2, 0.25) is 5.91 Å². The second-order valence-electron chi connectivity index (χ2n) is 8.67. The molecule has 5 heteroatoms. The van der Waals surface area contributed by atoms with Crippen LogP contribution in [0.2, 0.25) is 0 Å². The highest BCUT2D eigenvalue weighted by atomic mass is 16.5. The fraction of sp³-hybridized carbons (Fsp3) is 0.333. The van der Waals surface area contributed by atoms with Crippen molar-refractivity contribution in [2.45, 2.75) is 52.1 Å². The number of amides is 2. The summed E-state index contributed by atoms with van der Waals surface area (Å²) in [7, 11) is 0. The van der Waals surface area contributed by atoms with Crippen LogP contribution in [0, 0.1) is 0 Å². The lowest BCUT2D eigenvalue weighted by atomic mass is 10.0. The quantitative estimate of drug-likeness (QED) is 0.256. The van der Waals surface area contributed by atoms with E-state index < -0.39 is 6.04 Å². The topological polar surface area (TPSA) is 58.6 Å². The highest BCUT2D eigenvalue weighted by Gasteiger charge is 2.34. The van der Waals surface area contributed by atoms with Crippen molar-refractivity contribution >= 4 is 11.8 Å². The van der Waals surface area contributed by atoms with Gasteiger partial charge in [-0.05, 0) is 54.5 Å². The van der Waals surface area contributed by atoms with E-state index in [2.05, 4.69) is 36.2 Å². The number of benzene rings is 2. The molecule has 2 aromatic carbocycles. The van der Waals surface area contributed by atoms with Gasteiger partial charge in [-0.1, -0.05) is 81.1 Å². The van der Waals surface area contributed by atoms with Gasteiger partial charge in [0.15, 0.2) is 0 Å². The predicted octanol–water partition coefficient (Wildman–Crippen LogP) is 5.79. The van der Waals surface area contributed by atoms with Crippen molar-refractivity contribution in [2.24, 2.45) is 0 Å². The lowest BCUT2D eigenvalue weighted by molar-refractivity contribution is -0.135. The van der Waals surface area contributed by atoms with Crippen LogP contribution in [0.25, 0.3) is 11.1 Å². The second kappa shape index (κ2) is 13.3. The Morgan fingerprint density at radius 1 is 1.09 bits per heavy atom. The van der Waals surface area contributed by atoms with Crippen LogP contribution in [0.3, 0.4) is 0 Å². The van der Waals surface area contributed by atoms with E-state index >= 15 is 0 Å². The summed E-state index contributed by atoms with van der Waals surface area (Å²) >= 11 is 0. The van der Waals surface area contributed by atoms with Crippen molar-refractivity contribution in [1.29, 1.82) is 0 Å². The third kappa shape index (κ3) is 7.44. The maximum Gasteiger partial charge on any atom is 0.254 e. The summed E-state index contributed by atoms with van der Waals surface area (Å²) in [6.45, 7) is 9.58. The van der Waals surface area contributed by atoms with Gasteiger partial charge >= 0.3 is 0 Å². The summed E-state index contributed by atoms with van der Waals surface area (Å²) in [4.78, 5) is 27.7. The Morgan fingerprint density at radius 2 is 1.80 bits per heavy atom. The highest BCUT2D eigenvalue weighted by molar-refractivity contribution is 5.99. The molecule has 1 unspecified atom stereocenters. The fourth-order valence-electron chi connectivity index (χ4n) is 4.04. The SMILES string of the molecule is C=C(/C=C(\C=C/CC)OCCC)C(=O)N1CCCC1C(=O)NCc1ccc(-c2ccccc2)cc1. The molecular formula is C30H36N2O3. The average Bonchev–Trinajstić information content (AvgIpc) is 3.39. The molecule has 3 rings (SSSR count). The molecule has 0 radical (unpaired) electrons. The molecule has 5 nitrogen and oxygen atoms in total. The van der Waals surface area contributed by atoms with Gasteiger partial charge in [0, 0.05) is 18.7 Å². The van der Waals surface area contributed by atoms with Crippen LogP contribution in [0.15, 0.2) is 90.7 Å². The molecule has 0 saturated carbocycles. The van der Waals surface area contributed by atoms with Crippen molar-refractivity contribution in [3.63, 3.8) is 0 Å². The van der Waals surface area contributed by atoms with Crippen LogP contribution < -0.4 is 5.32 Å². The Hall–Kier alpha value is -3.60. The van der Waals surface area contributed by atoms with Crippen LogP contribution in [0.4, 0.5) is 0 Å². The minimum absolute atomic E-state index is 0.131. The molecule has 1 saturated heterocycles. The maximum absolute atomic E-state index is 13.1. The van der Waals surface area contributed by atoms with Crippen molar-refractivity contribution < 1.29 is 14.3 Å². The normalized spacial score (nSPS) is 15.9. The highest BCUT2D eigenvalue weighted by Crippen LogP contribution is 2.22. The summed E-state index contributed by atoms with van der Waals surface area (Å²) in [6, 6.07) is 17.9. The summed E-state index contributed by atoms with van der Waals surface area (Å²) in [5, 5.41) is 3.01. The smallest absolute Gasteiger partial charge is 0.254 e. The minimum atomic E-state index is -0.484. The van der Waals surface area contributed by atoms with Crippen molar-refractivity contribution in [2.75, 3.05) is 13.2 Å². The molecule has 2 aromatic rings. The van der Waals surface area contributed by atoms with Gasteiger partial charge in [0.1, 0.15) is 11.8 Å². The Balaban J connectivity index is 1.59. The van der Waals surface area contributed by atoms with Crippen LogP contribution in [-0.2, 0) is 20.9 Å². The van der Waals surface area contributed by atoms with E-state index in [4.69, 9.17) is 4.74 Å². The van der Waals surface area contributed by atoms with Gasteiger partial charge in [0.25, 0.3) is 5.91 Å². The Bertz CT molecular complexity index is 1050. The number of nitrogens with zero attached hydrogens (tertiary/aromatic N) is 1. The van der Waals surface area contributed by atoms with Crippen molar-refractivity contribution in [3.05, 3.63) is 96.3 Å². The lowest BCUT2D eigenvalue weighted by Gasteiger charge is -2.24. The van der Waals surface area contributed by atoms with E-state index in [0.717, 1.165) is 36.0 Å². The third-order valence-electron chi connectivity index (χ3n) is 5.93. The molecular weight excluding hydrogens is 436 g/mol. The molecule has 0 aliphatic carbocycles. The number of carbonyl (C=O) groups is 2. The number of ether oxygens (including phenoxy) is 1. The number of carbonyl (C=O) groups excluding carboxylic acids is 2. The van der Waals surface area contributed by atoms with Crippen LogP contribution >= 0.6 is 0 Å². The van der Waals surface area contributed by atoms with Gasteiger partial charge in [-0.25, -0.2) is 0 Å². The number of nitrogens with one attached hydrogen (secondary N) is 1.